The van der Waals surface area contributed by atoms with Crippen molar-refractivity contribution in [2.75, 3.05) is 29.5 Å². The molecular formula is C26H25ClFN7O2S2. The van der Waals surface area contributed by atoms with Gasteiger partial charge in [0.25, 0.3) is 0 Å². The minimum atomic E-state index is -0.414. The maximum atomic E-state index is 14.7. The summed E-state index contributed by atoms with van der Waals surface area (Å²) in [4.78, 5) is 37.4. The molecule has 2 saturated heterocycles. The third-order valence-corrected chi connectivity index (χ3v) is 10.3. The van der Waals surface area contributed by atoms with Crippen molar-refractivity contribution in [1.29, 1.82) is 0 Å². The smallest absolute Gasteiger partial charge is 0.350 e. The van der Waals surface area contributed by atoms with Crippen molar-refractivity contribution >= 4 is 72.7 Å². The molecule has 2 unspecified atom stereocenters. The van der Waals surface area contributed by atoms with Crippen molar-refractivity contribution in [1.82, 2.24) is 19.9 Å². The van der Waals surface area contributed by atoms with E-state index in [1.807, 2.05) is 6.07 Å². The number of carbonyl (C=O) groups excluding carboxylic acids is 1. The van der Waals surface area contributed by atoms with Gasteiger partial charge in [-0.15, -0.1) is 11.8 Å². The largest absolute Gasteiger partial charge is 0.375 e. The van der Waals surface area contributed by atoms with E-state index in [4.69, 9.17) is 23.1 Å². The highest BCUT2D eigenvalue weighted by molar-refractivity contribution is 7.99. The number of piperazine rings is 1. The average molecular weight is 586 g/mol. The third-order valence-electron chi connectivity index (χ3n) is 7.90. The van der Waals surface area contributed by atoms with Crippen LogP contribution in [0.25, 0.3) is 32.2 Å². The van der Waals surface area contributed by atoms with Crippen LogP contribution in [0.1, 0.15) is 31.7 Å². The third kappa shape index (κ3) is 4.07. The van der Waals surface area contributed by atoms with E-state index in [9.17, 15) is 14.0 Å². The quantitative estimate of drug-likeness (QED) is 0.321. The molecule has 2 fully saturated rings. The molecule has 7 rings (SSSR count). The molecular weight excluding hydrogens is 561 g/mol. The van der Waals surface area contributed by atoms with Gasteiger partial charge in [0.15, 0.2) is 5.13 Å². The summed E-state index contributed by atoms with van der Waals surface area (Å²) in [6.45, 7) is 1.51. The first kappa shape index (κ1) is 25.1. The van der Waals surface area contributed by atoms with E-state index in [0.29, 0.717) is 56.4 Å². The lowest BCUT2D eigenvalue weighted by atomic mass is 10.0. The Morgan fingerprint density at radius 2 is 2.00 bits per heavy atom. The number of nitrogens with zero attached hydrogens (tertiary/aromatic N) is 4. The second kappa shape index (κ2) is 9.33. The Labute approximate surface area is 235 Å². The zero-order valence-corrected chi connectivity index (χ0v) is 23.1. The number of anilines is 2. The van der Waals surface area contributed by atoms with Gasteiger partial charge in [-0.05, 0) is 37.5 Å². The number of fused-ring (bicyclic) bond motifs is 3. The molecule has 1 amide bonds. The minimum absolute atomic E-state index is 0.161. The number of aromatic nitrogens is 3. The molecule has 4 aromatic rings. The van der Waals surface area contributed by atoms with E-state index in [2.05, 4.69) is 20.2 Å². The molecule has 0 radical (unpaired) electrons. The van der Waals surface area contributed by atoms with Crippen molar-refractivity contribution < 1.29 is 9.18 Å². The number of halogens is 2. The molecule has 2 aromatic heterocycles. The number of hydrogen-bond donors (Lipinski definition) is 3. The van der Waals surface area contributed by atoms with Crippen molar-refractivity contribution in [3.63, 3.8) is 0 Å². The molecule has 5 N–H and O–H groups in total. The Kier molecular flexibility index (Phi) is 5.99. The molecule has 0 aliphatic carbocycles. The van der Waals surface area contributed by atoms with Gasteiger partial charge in [-0.1, -0.05) is 22.9 Å². The van der Waals surface area contributed by atoms with Gasteiger partial charge in [0.1, 0.15) is 11.6 Å². The van der Waals surface area contributed by atoms with E-state index >= 15 is 0 Å². The van der Waals surface area contributed by atoms with Gasteiger partial charge in [0.05, 0.1) is 20.8 Å². The molecule has 13 heteroatoms. The molecule has 2 aromatic carbocycles. The number of nitrogens with two attached hydrogens (primary N) is 2. The predicted molar refractivity (Wildman–Crippen MR) is 154 cm³/mol. The Hall–Kier alpha value is -2.93. The van der Waals surface area contributed by atoms with Gasteiger partial charge < -0.3 is 21.7 Å². The number of primary amides is 1. The van der Waals surface area contributed by atoms with Crippen LogP contribution in [0.15, 0.2) is 27.9 Å². The minimum Gasteiger partial charge on any atom is -0.375 e. The molecule has 3 aliphatic heterocycles. The Morgan fingerprint density at radius 3 is 2.74 bits per heavy atom. The van der Waals surface area contributed by atoms with Crippen LogP contribution in [-0.2, 0) is 4.79 Å². The molecule has 0 spiro atoms. The number of thiazole rings is 1. The highest BCUT2D eigenvalue weighted by Gasteiger charge is 2.36. The summed E-state index contributed by atoms with van der Waals surface area (Å²) in [6, 6.07) is 5.37. The first-order valence-corrected chi connectivity index (χ1v) is 15.0. The van der Waals surface area contributed by atoms with Crippen LogP contribution in [0.3, 0.4) is 0 Å². The van der Waals surface area contributed by atoms with Gasteiger partial charge in [-0.25, -0.2) is 14.2 Å². The van der Waals surface area contributed by atoms with E-state index in [0.717, 1.165) is 53.1 Å². The number of thioether (sulfide) groups is 1. The van der Waals surface area contributed by atoms with Gasteiger partial charge in [-0.2, -0.15) is 4.98 Å². The molecule has 3 aliphatic rings. The fourth-order valence-electron chi connectivity index (χ4n) is 6.24. The van der Waals surface area contributed by atoms with Gasteiger partial charge >= 0.3 is 5.69 Å². The zero-order chi connectivity index (χ0) is 27.0. The van der Waals surface area contributed by atoms with Crippen molar-refractivity contribution in [3.05, 3.63) is 39.5 Å². The number of hydrogen-bond acceptors (Lipinski definition) is 9. The SMILES string of the molecule is NC(=O)CC[C@H]1CSc2c(-c3ccc(F)c4sc(N)nc34)c(Cl)cc3c(N4CC5CCC(C4)N5)nc(=O)n1c23. The van der Waals surface area contributed by atoms with Gasteiger partial charge in [0.2, 0.25) is 5.91 Å². The molecule has 3 atom stereocenters. The summed E-state index contributed by atoms with van der Waals surface area (Å²) in [5.74, 6) is 0.343. The number of carbonyl (C=O) groups is 1. The van der Waals surface area contributed by atoms with Crippen LogP contribution in [0.4, 0.5) is 15.3 Å². The summed E-state index contributed by atoms with van der Waals surface area (Å²) in [6.07, 6.45) is 2.77. The van der Waals surface area contributed by atoms with Crippen LogP contribution in [0.2, 0.25) is 5.02 Å². The summed E-state index contributed by atoms with van der Waals surface area (Å²) in [5.41, 5.74) is 13.6. The van der Waals surface area contributed by atoms with Crippen LogP contribution in [0, 0.1) is 5.82 Å². The molecule has 0 saturated carbocycles. The fraction of sp³-hybridized carbons (Fsp3) is 0.385. The van der Waals surface area contributed by atoms with Crippen molar-refractivity contribution in [2.45, 2.75) is 48.7 Å². The summed E-state index contributed by atoms with van der Waals surface area (Å²) in [5, 5.41) is 5.13. The van der Waals surface area contributed by atoms with E-state index in [-0.39, 0.29) is 23.3 Å². The summed E-state index contributed by atoms with van der Waals surface area (Å²) < 4.78 is 16.7. The summed E-state index contributed by atoms with van der Waals surface area (Å²) in [7, 11) is 0. The monoisotopic (exact) mass is 585 g/mol. The highest BCUT2D eigenvalue weighted by Crippen LogP contribution is 2.50. The van der Waals surface area contributed by atoms with E-state index in [1.165, 1.54) is 6.07 Å². The number of rotatable bonds is 5. The fourth-order valence-corrected chi connectivity index (χ4v) is 8.75. The molecule has 202 valence electrons. The number of benzene rings is 2. The van der Waals surface area contributed by atoms with Crippen LogP contribution in [-0.4, -0.2) is 51.4 Å². The molecule has 2 bridgehead atoms. The van der Waals surface area contributed by atoms with Crippen molar-refractivity contribution in [3.8, 4) is 11.1 Å². The summed E-state index contributed by atoms with van der Waals surface area (Å²) >= 11 is 9.69. The number of nitrogen functional groups attached to an aromatic ring is 1. The highest BCUT2D eigenvalue weighted by atomic mass is 35.5. The topological polar surface area (TPSA) is 132 Å². The van der Waals surface area contributed by atoms with Crippen LogP contribution >= 0.6 is 34.7 Å². The number of nitrogens with one attached hydrogen (secondary N) is 1. The number of amides is 1. The van der Waals surface area contributed by atoms with Crippen molar-refractivity contribution in [2.24, 2.45) is 5.73 Å². The molecule has 5 heterocycles. The lowest BCUT2D eigenvalue weighted by molar-refractivity contribution is -0.118. The molecule has 39 heavy (non-hydrogen) atoms. The van der Waals surface area contributed by atoms with Crippen LogP contribution < -0.4 is 27.4 Å². The Morgan fingerprint density at radius 1 is 1.23 bits per heavy atom. The lowest BCUT2D eigenvalue weighted by Gasteiger charge is -2.36. The Balaban J connectivity index is 1.50. The Bertz CT molecular complexity index is 1730. The zero-order valence-electron chi connectivity index (χ0n) is 20.7. The van der Waals surface area contributed by atoms with E-state index in [1.54, 1.807) is 22.4 Å². The maximum Gasteiger partial charge on any atom is 0.350 e. The predicted octanol–water partition coefficient (Wildman–Crippen LogP) is 3.90. The van der Waals surface area contributed by atoms with Gasteiger partial charge in [-0.3, -0.25) is 9.36 Å². The second-order valence-electron chi connectivity index (χ2n) is 10.4. The van der Waals surface area contributed by atoms with Crippen LogP contribution in [0.5, 0.6) is 0 Å². The first-order valence-electron chi connectivity index (χ1n) is 12.8. The molecule has 9 nitrogen and oxygen atoms in total. The normalized spacial score (nSPS) is 22.2. The lowest BCUT2D eigenvalue weighted by Crippen LogP contribution is -2.52. The first-order chi connectivity index (χ1) is 18.8. The second-order valence-corrected chi connectivity index (χ2v) is 12.9. The standard InChI is InChI=1S/C26H25ClFN7O2S2/c27-16-7-15-21-23(19(16)14-4-5-17(28)22-20(14)32-25(30)39-22)38-10-13(3-6-18(29)36)35(21)26(37)33-24(15)34-8-11-1-2-12(9-34)31-11/h4-5,7,11-13,31H,1-3,6,8-10H2,(H2,29,36)(H2,30,32)/t11?,12?,13-/m0/s1. The average Bonchev–Trinajstić information content (AvgIpc) is 3.46. The van der Waals surface area contributed by atoms with Gasteiger partial charge in [0, 0.05) is 64.8 Å². The van der Waals surface area contributed by atoms with E-state index < -0.39 is 11.7 Å². The maximum absolute atomic E-state index is 14.7.